The summed E-state index contributed by atoms with van der Waals surface area (Å²) >= 11 is 0. The second kappa shape index (κ2) is 7.12. The molecule has 0 aromatic carbocycles. The molecule has 1 N–H and O–H groups in total. The third-order valence-corrected chi connectivity index (χ3v) is 3.78. The molecule has 3 nitrogen and oxygen atoms in total. The van der Waals surface area contributed by atoms with Gasteiger partial charge in [-0.25, -0.2) is 0 Å². The molecule has 0 saturated heterocycles. The molecule has 3 heteroatoms. The molecule has 0 aromatic rings. The Labute approximate surface area is 106 Å². The minimum atomic E-state index is -0.266. The fourth-order valence-corrected chi connectivity index (χ4v) is 1.47. The molecule has 0 bridgehead atoms. The van der Waals surface area contributed by atoms with Crippen LogP contribution in [0.4, 0.5) is 0 Å². The van der Waals surface area contributed by atoms with Crippen LogP contribution in [0.15, 0.2) is 0 Å². The van der Waals surface area contributed by atoms with Crippen LogP contribution in [0.3, 0.4) is 0 Å². The molecule has 102 valence electrons. The summed E-state index contributed by atoms with van der Waals surface area (Å²) in [6.07, 6.45) is 2.78. The Balaban J connectivity index is 4.11. The third-order valence-electron chi connectivity index (χ3n) is 3.78. The molecule has 1 unspecified atom stereocenters. The summed E-state index contributed by atoms with van der Waals surface area (Å²) in [4.78, 5) is 11.4. The van der Waals surface area contributed by atoms with Crippen molar-refractivity contribution in [3.05, 3.63) is 0 Å². The van der Waals surface area contributed by atoms with E-state index < -0.39 is 0 Å². The Morgan fingerprint density at radius 1 is 1.24 bits per heavy atom. The predicted octanol–water partition coefficient (Wildman–Crippen LogP) is 2.79. The van der Waals surface area contributed by atoms with Gasteiger partial charge in [0.25, 0.3) is 0 Å². The van der Waals surface area contributed by atoms with E-state index in [-0.39, 0.29) is 16.8 Å². The largest absolute Gasteiger partial charge is 0.375 e. The van der Waals surface area contributed by atoms with Crippen molar-refractivity contribution in [2.45, 2.75) is 59.5 Å². The van der Waals surface area contributed by atoms with Gasteiger partial charge < -0.3 is 10.1 Å². The molecule has 0 amide bonds. The topological polar surface area (TPSA) is 38.3 Å². The highest BCUT2D eigenvalue weighted by Gasteiger charge is 2.26. The van der Waals surface area contributed by atoms with Crippen LogP contribution in [0, 0.1) is 5.41 Å². The van der Waals surface area contributed by atoms with Crippen molar-refractivity contribution in [2.75, 3.05) is 20.2 Å². The summed E-state index contributed by atoms with van der Waals surface area (Å²) in [6.45, 7) is 11.5. The fourth-order valence-electron chi connectivity index (χ4n) is 1.47. The number of ketones is 1. The molecule has 0 radical (unpaired) electrons. The van der Waals surface area contributed by atoms with E-state index >= 15 is 0 Å². The first-order chi connectivity index (χ1) is 7.77. The Hall–Kier alpha value is -0.410. The van der Waals surface area contributed by atoms with E-state index in [1.54, 1.807) is 6.92 Å². The number of carbonyl (C=O) groups excluding carboxylic acids is 1. The number of hydrogen-bond acceptors (Lipinski definition) is 3. The van der Waals surface area contributed by atoms with Gasteiger partial charge in [0.15, 0.2) is 0 Å². The molecule has 17 heavy (non-hydrogen) atoms. The van der Waals surface area contributed by atoms with E-state index in [0.29, 0.717) is 6.61 Å². The van der Waals surface area contributed by atoms with Crippen LogP contribution < -0.4 is 5.32 Å². The molecule has 0 aliphatic rings. The van der Waals surface area contributed by atoms with Crippen molar-refractivity contribution >= 4 is 5.78 Å². The van der Waals surface area contributed by atoms with Crippen LogP contribution in [0.5, 0.6) is 0 Å². The van der Waals surface area contributed by atoms with Crippen LogP contribution in [0.25, 0.3) is 0 Å². The summed E-state index contributed by atoms with van der Waals surface area (Å²) in [5, 5.41) is 3.15. The van der Waals surface area contributed by atoms with Gasteiger partial charge in [0.2, 0.25) is 0 Å². The number of Topliss-reactive ketones (excluding diaryl/α,β-unsaturated/α-hetero) is 1. The Morgan fingerprint density at radius 3 is 2.24 bits per heavy atom. The highest BCUT2D eigenvalue weighted by atomic mass is 16.5. The standard InChI is InChI=1S/C14H29NO2/c1-7-14(5,8-10-15-6)17-11-9-13(3,4)12(2)16/h15H,7-11H2,1-6H3. The third kappa shape index (κ3) is 6.18. The molecule has 0 aromatic heterocycles. The van der Waals surface area contributed by atoms with Crippen LogP contribution in [-0.4, -0.2) is 31.6 Å². The average Bonchev–Trinajstić information content (AvgIpc) is 2.26. The number of carbonyl (C=O) groups is 1. The van der Waals surface area contributed by atoms with E-state index in [2.05, 4.69) is 19.2 Å². The Kier molecular flexibility index (Phi) is 6.95. The van der Waals surface area contributed by atoms with Gasteiger partial charge in [-0.05, 0) is 46.7 Å². The predicted molar refractivity (Wildman–Crippen MR) is 72.3 cm³/mol. The van der Waals surface area contributed by atoms with Crippen molar-refractivity contribution in [3.63, 3.8) is 0 Å². The van der Waals surface area contributed by atoms with Gasteiger partial charge in [-0.1, -0.05) is 20.8 Å². The second-order valence-corrected chi connectivity index (χ2v) is 5.70. The summed E-state index contributed by atoms with van der Waals surface area (Å²) < 4.78 is 5.97. The van der Waals surface area contributed by atoms with Crippen molar-refractivity contribution < 1.29 is 9.53 Å². The zero-order valence-corrected chi connectivity index (χ0v) is 12.4. The van der Waals surface area contributed by atoms with Crippen LogP contribution in [0.1, 0.15) is 53.9 Å². The van der Waals surface area contributed by atoms with Crippen molar-refractivity contribution in [1.29, 1.82) is 0 Å². The number of hydrogen-bond donors (Lipinski definition) is 1. The summed E-state index contributed by atoms with van der Waals surface area (Å²) in [5.74, 6) is 0.231. The molecular formula is C14H29NO2. The fraction of sp³-hybridized carbons (Fsp3) is 0.929. The lowest BCUT2D eigenvalue weighted by Crippen LogP contribution is -2.33. The lowest BCUT2D eigenvalue weighted by atomic mass is 9.85. The van der Waals surface area contributed by atoms with Gasteiger partial charge in [-0.3, -0.25) is 4.79 Å². The van der Waals surface area contributed by atoms with E-state index in [1.807, 2.05) is 20.9 Å². The van der Waals surface area contributed by atoms with Crippen LogP contribution in [-0.2, 0) is 9.53 Å². The molecule has 0 aliphatic carbocycles. The van der Waals surface area contributed by atoms with E-state index in [1.165, 1.54) is 0 Å². The van der Waals surface area contributed by atoms with Crippen molar-refractivity contribution in [3.8, 4) is 0 Å². The van der Waals surface area contributed by atoms with Crippen LogP contribution in [0.2, 0.25) is 0 Å². The summed E-state index contributed by atoms with van der Waals surface area (Å²) in [5.41, 5.74) is -0.340. The zero-order valence-electron chi connectivity index (χ0n) is 12.4. The Bertz CT molecular complexity index is 238. The van der Waals surface area contributed by atoms with Crippen molar-refractivity contribution in [1.82, 2.24) is 5.32 Å². The minimum Gasteiger partial charge on any atom is -0.375 e. The maximum Gasteiger partial charge on any atom is 0.135 e. The molecule has 0 heterocycles. The average molecular weight is 243 g/mol. The first-order valence-corrected chi connectivity index (χ1v) is 6.57. The monoisotopic (exact) mass is 243 g/mol. The lowest BCUT2D eigenvalue weighted by molar-refractivity contribution is -0.127. The number of ether oxygens (including phenoxy) is 1. The highest BCUT2D eigenvalue weighted by Crippen LogP contribution is 2.25. The van der Waals surface area contributed by atoms with Gasteiger partial charge >= 0.3 is 0 Å². The second-order valence-electron chi connectivity index (χ2n) is 5.70. The van der Waals surface area contributed by atoms with Gasteiger partial charge in [0.1, 0.15) is 5.78 Å². The summed E-state index contributed by atoms with van der Waals surface area (Å²) in [6, 6.07) is 0. The quantitative estimate of drug-likeness (QED) is 0.677. The first-order valence-electron chi connectivity index (χ1n) is 6.57. The van der Waals surface area contributed by atoms with Crippen molar-refractivity contribution in [2.24, 2.45) is 5.41 Å². The first kappa shape index (κ1) is 16.6. The molecule has 0 aliphatic heterocycles. The highest BCUT2D eigenvalue weighted by molar-refractivity contribution is 5.81. The van der Waals surface area contributed by atoms with Gasteiger partial charge in [-0.15, -0.1) is 0 Å². The van der Waals surface area contributed by atoms with Gasteiger partial charge in [0, 0.05) is 12.0 Å². The van der Waals surface area contributed by atoms with Gasteiger partial charge in [0.05, 0.1) is 5.60 Å². The minimum absolute atomic E-state index is 0.0735. The Morgan fingerprint density at radius 2 is 1.82 bits per heavy atom. The SMILES string of the molecule is CCC(C)(CCNC)OCCC(C)(C)C(C)=O. The maximum absolute atomic E-state index is 11.4. The van der Waals surface area contributed by atoms with E-state index in [4.69, 9.17) is 4.74 Å². The normalized spacial score (nSPS) is 15.6. The van der Waals surface area contributed by atoms with E-state index in [9.17, 15) is 4.79 Å². The maximum atomic E-state index is 11.4. The van der Waals surface area contributed by atoms with Crippen LogP contribution >= 0.6 is 0 Å². The molecule has 0 saturated carbocycles. The molecule has 0 fully saturated rings. The molecular weight excluding hydrogens is 214 g/mol. The molecule has 0 spiro atoms. The molecule has 0 rings (SSSR count). The zero-order chi connectivity index (χ0) is 13.5. The lowest BCUT2D eigenvalue weighted by Gasteiger charge is -2.30. The van der Waals surface area contributed by atoms with Gasteiger partial charge in [-0.2, -0.15) is 0 Å². The van der Waals surface area contributed by atoms with E-state index in [0.717, 1.165) is 25.8 Å². The number of nitrogens with one attached hydrogen (secondary N) is 1. The molecule has 1 atom stereocenters. The summed E-state index contributed by atoms with van der Waals surface area (Å²) in [7, 11) is 1.95. The number of rotatable bonds is 9. The smallest absolute Gasteiger partial charge is 0.135 e.